The van der Waals surface area contributed by atoms with Gasteiger partial charge in [-0.2, -0.15) is 5.26 Å². The number of aromatic nitrogens is 2. The Bertz CT molecular complexity index is 781. The molecule has 0 aliphatic heterocycles. The molecule has 1 N–H and O–H groups in total. The van der Waals surface area contributed by atoms with Crippen LogP contribution in [0.1, 0.15) is 43.9 Å². The highest BCUT2D eigenvalue weighted by Gasteiger charge is 2.21. The minimum atomic E-state index is -0.141. The molecule has 0 radical (unpaired) electrons. The molecule has 1 aromatic carbocycles. The average molecular weight is 389 g/mol. The maximum absolute atomic E-state index is 12.2. The number of benzene rings is 1. The van der Waals surface area contributed by atoms with Crippen molar-refractivity contribution in [3.63, 3.8) is 0 Å². The summed E-state index contributed by atoms with van der Waals surface area (Å²) in [5.74, 6) is 1.46. The van der Waals surface area contributed by atoms with Gasteiger partial charge in [-0.15, -0.1) is 22.0 Å². The smallest absolute Gasteiger partial charge is 0.277 e. The first-order valence-corrected chi connectivity index (χ1v) is 10.6. The van der Waals surface area contributed by atoms with Crippen LogP contribution in [-0.2, 0) is 4.79 Å². The van der Waals surface area contributed by atoms with Gasteiger partial charge in [0.05, 0.1) is 23.3 Å². The summed E-state index contributed by atoms with van der Waals surface area (Å²) >= 11 is 2.64. The zero-order valence-corrected chi connectivity index (χ0v) is 15.9. The molecule has 1 aliphatic rings. The largest absolute Gasteiger partial charge is 0.416 e. The summed E-state index contributed by atoms with van der Waals surface area (Å²) in [5, 5.41) is 20.2. The van der Waals surface area contributed by atoms with Gasteiger partial charge in [0.25, 0.3) is 5.22 Å². The molecule has 1 amide bonds. The van der Waals surface area contributed by atoms with E-state index < -0.39 is 0 Å². The van der Waals surface area contributed by atoms with Crippen molar-refractivity contribution in [2.75, 3.05) is 16.8 Å². The van der Waals surface area contributed by atoms with Crippen LogP contribution in [0, 0.1) is 11.3 Å². The van der Waals surface area contributed by atoms with Crippen LogP contribution in [0.4, 0.5) is 5.69 Å². The lowest BCUT2D eigenvalue weighted by Gasteiger charge is -2.17. The summed E-state index contributed by atoms with van der Waals surface area (Å²) in [5.41, 5.74) is 0.715. The monoisotopic (exact) mass is 388 g/mol. The van der Waals surface area contributed by atoms with E-state index in [2.05, 4.69) is 21.6 Å². The van der Waals surface area contributed by atoms with Crippen molar-refractivity contribution >= 4 is 35.1 Å². The van der Waals surface area contributed by atoms with Crippen molar-refractivity contribution in [3.05, 3.63) is 30.2 Å². The number of nitriles is 1. The Balaban J connectivity index is 1.52. The zero-order chi connectivity index (χ0) is 18.2. The van der Waals surface area contributed by atoms with E-state index in [1.807, 2.05) is 24.3 Å². The molecule has 6 nitrogen and oxygen atoms in total. The Hall–Kier alpha value is -1.98. The molecule has 1 aromatic heterocycles. The summed E-state index contributed by atoms with van der Waals surface area (Å²) in [6.45, 7) is 0. The zero-order valence-electron chi connectivity index (χ0n) is 14.3. The van der Waals surface area contributed by atoms with Gasteiger partial charge in [0.15, 0.2) is 0 Å². The van der Waals surface area contributed by atoms with Crippen molar-refractivity contribution in [2.45, 2.75) is 48.1 Å². The highest BCUT2D eigenvalue weighted by Crippen LogP contribution is 2.33. The second kappa shape index (κ2) is 9.64. The number of anilines is 1. The van der Waals surface area contributed by atoms with Gasteiger partial charge in [-0.1, -0.05) is 43.2 Å². The molecule has 0 saturated heterocycles. The first-order chi connectivity index (χ1) is 12.8. The van der Waals surface area contributed by atoms with Crippen molar-refractivity contribution in [3.8, 4) is 6.07 Å². The molecule has 1 fully saturated rings. The van der Waals surface area contributed by atoms with Crippen molar-refractivity contribution in [2.24, 2.45) is 0 Å². The fourth-order valence-corrected chi connectivity index (χ4v) is 4.15. The number of amides is 1. The molecule has 26 heavy (non-hydrogen) atoms. The molecule has 8 heteroatoms. The van der Waals surface area contributed by atoms with E-state index in [0.717, 1.165) is 17.7 Å². The van der Waals surface area contributed by atoms with Crippen LogP contribution in [0.5, 0.6) is 0 Å². The van der Waals surface area contributed by atoms with Gasteiger partial charge in [-0.25, -0.2) is 0 Å². The Morgan fingerprint density at radius 1 is 1.23 bits per heavy atom. The fraction of sp³-hybridized carbons (Fsp3) is 0.444. The molecule has 0 atom stereocenters. The molecule has 1 aliphatic carbocycles. The van der Waals surface area contributed by atoms with Crippen LogP contribution in [0.2, 0.25) is 0 Å². The summed E-state index contributed by atoms with van der Waals surface area (Å²) in [6.07, 6.45) is 5.90. The van der Waals surface area contributed by atoms with Crippen LogP contribution in [0.15, 0.2) is 38.8 Å². The van der Waals surface area contributed by atoms with Crippen molar-refractivity contribution < 1.29 is 9.21 Å². The number of para-hydroxylation sites is 1. The number of nitrogens with one attached hydrogen (secondary N) is 1. The van der Waals surface area contributed by atoms with Crippen LogP contribution in [0.3, 0.4) is 0 Å². The van der Waals surface area contributed by atoms with Crippen LogP contribution in [-0.4, -0.2) is 27.6 Å². The number of hydrogen-bond donors (Lipinski definition) is 1. The average Bonchev–Trinajstić information content (AvgIpc) is 3.15. The van der Waals surface area contributed by atoms with Gasteiger partial charge in [0.1, 0.15) is 0 Å². The van der Waals surface area contributed by atoms with Gasteiger partial charge < -0.3 is 9.73 Å². The van der Waals surface area contributed by atoms with Gasteiger partial charge in [-0.05, 0) is 25.0 Å². The predicted molar refractivity (Wildman–Crippen MR) is 102 cm³/mol. The number of thioether (sulfide) groups is 2. The van der Waals surface area contributed by atoms with Crippen LogP contribution in [0.25, 0.3) is 0 Å². The number of rotatable bonds is 7. The van der Waals surface area contributed by atoms with E-state index in [4.69, 9.17) is 9.68 Å². The standard InChI is InChI=1S/C18H20N4O2S2/c19-10-11-25-15-9-5-4-8-14(15)20-16(23)12-26-18-22-21-17(24-18)13-6-2-1-3-7-13/h4-5,8-9,13H,1-3,6-7,11-12H2,(H,20,23). The van der Waals surface area contributed by atoms with Crippen LogP contribution < -0.4 is 5.32 Å². The van der Waals surface area contributed by atoms with E-state index in [-0.39, 0.29) is 11.7 Å². The van der Waals surface area contributed by atoms with Crippen molar-refractivity contribution in [1.29, 1.82) is 5.26 Å². The van der Waals surface area contributed by atoms with E-state index in [0.29, 0.717) is 28.5 Å². The molecule has 3 rings (SSSR count). The molecular weight excluding hydrogens is 368 g/mol. The second-order valence-corrected chi connectivity index (χ2v) is 7.96. The lowest BCUT2D eigenvalue weighted by Crippen LogP contribution is -2.14. The maximum Gasteiger partial charge on any atom is 0.277 e. The third kappa shape index (κ3) is 5.26. The lowest BCUT2D eigenvalue weighted by molar-refractivity contribution is -0.113. The number of carbonyl (C=O) groups is 1. The predicted octanol–water partition coefficient (Wildman–Crippen LogP) is 4.46. The van der Waals surface area contributed by atoms with Gasteiger partial charge in [-0.3, -0.25) is 4.79 Å². The molecule has 1 heterocycles. The lowest BCUT2D eigenvalue weighted by atomic mass is 9.89. The van der Waals surface area contributed by atoms with Gasteiger partial charge in [0, 0.05) is 10.8 Å². The highest BCUT2D eigenvalue weighted by atomic mass is 32.2. The molecule has 2 aromatic rings. The first-order valence-electron chi connectivity index (χ1n) is 8.61. The Labute approximate surface area is 161 Å². The fourth-order valence-electron chi connectivity index (χ4n) is 2.91. The first kappa shape index (κ1) is 18.8. The van der Waals surface area contributed by atoms with E-state index in [1.165, 1.54) is 42.8 Å². The third-order valence-corrected chi connectivity index (χ3v) is 5.92. The Morgan fingerprint density at radius 3 is 2.85 bits per heavy atom. The normalized spacial score (nSPS) is 14.7. The van der Waals surface area contributed by atoms with E-state index in [1.54, 1.807) is 0 Å². The topological polar surface area (TPSA) is 91.8 Å². The molecular formula is C18H20N4O2S2. The minimum absolute atomic E-state index is 0.141. The van der Waals surface area contributed by atoms with Crippen LogP contribution >= 0.6 is 23.5 Å². The Morgan fingerprint density at radius 2 is 2.04 bits per heavy atom. The van der Waals surface area contributed by atoms with Crippen molar-refractivity contribution in [1.82, 2.24) is 10.2 Å². The number of carbonyl (C=O) groups excluding carboxylic acids is 1. The van der Waals surface area contributed by atoms with Gasteiger partial charge in [0.2, 0.25) is 11.8 Å². The summed E-state index contributed by atoms with van der Waals surface area (Å²) in [4.78, 5) is 13.1. The second-order valence-electron chi connectivity index (χ2n) is 6.02. The molecule has 1 saturated carbocycles. The number of hydrogen-bond acceptors (Lipinski definition) is 7. The summed E-state index contributed by atoms with van der Waals surface area (Å²) in [6, 6.07) is 9.55. The molecule has 0 spiro atoms. The highest BCUT2D eigenvalue weighted by molar-refractivity contribution is 8.00. The maximum atomic E-state index is 12.2. The SMILES string of the molecule is N#CCSc1ccccc1NC(=O)CSc1nnc(C2CCCCC2)o1. The van der Waals surface area contributed by atoms with E-state index in [9.17, 15) is 4.79 Å². The Kier molecular flexibility index (Phi) is 6.97. The summed E-state index contributed by atoms with van der Waals surface area (Å²) in [7, 11) is 0. The summed E-state index contributed by atoms with van der Waals surface area (Å²) < 4.78 is 5.72. The van der Waals surface area contributed by atoms with Gasteiger partial charge >= 0.3 is 0 Å². The molecule has 0 unspecified atom stereocenters. The third-order valence-electron chi connectivity index (χ3n) is 4.16. The molecule has 136 valence electrons. The quantitative estimate of drug-likeness (QED) is 0.700. The number of nitrogens with zero attached hydrogens (tertiary/aromatic N) is 3. The minimum Gasteiger partial charge on any atom is -0.416 e. The van der Waals surface area contributed by atoms with E-state index >= 15 is 0 Å². The molecule has 0 bridgehead atoms.